The smallest absolute Gasteiger partial charge is 0.121 e. The Labute approximate surface area is 121 Å². The third-order valence-electron chi connectivity index (χ3n) is 4.89. The number of rotatable bonds is 2. The number of alkyl halides is 1. The van der Waals surface area contributed by atoms with Crippen LogP contribution < -0.4 is 5.73 Å². The van der Waals surface area contributed by atoms with Crippen LogP contribution in [0.15, 0.2) is 12.1 Å². The van der Waals surface area contributed by atoms with Gasteiger partial charge in [0.1, 0.15) is 11.4 Å². The molecule has 0 saturated heterocycles. The van der Waals surface area contributed by atoms with Crippen molar-refractivity contribution in [2.45, 2.75) is 43.8 Å². The second kappa shape index (κ2) is 4.24. The number of nitrogens with two attached hydrogens (primary N) is 1. The fourth-order valence-corrected chi connectivity index (χ4v) is 4.20. The Morgan fingerprint density at radius 1 is 1.21 bits per heavy atom. The van der Waals surface area contributed by atoms with Crippen molar-refractivity contribution in [2.24, 2.45) is 11.1 Å². The van der Waals surface area contributed by atoms with Crippen molar-refractivity contribution in [3.63, 3.8) is 0 Å². The van der Waals surface area contributed by atoms with Gasteiger partial charge in [-0.1, -0.05) is 23.2 Å². The quantitative estimate of drug-likeness (QED) is 0.852. The molecular formula is C14H16Cl2FNO. The molecule has 0 amide bonds. The molecule has 0 heterocycles. The van der Waals surface area contributed by atoms with Gasteiger partial charge in [0.25, 0.3) is 0 Å². The molecule has 1 atom stereocenters. The van der Waals surface area contributed by atoms with Crippen molar-refractivity contribution in [1.82, 2.24) is 0 Å². The molecule has 1 aromatic carbocycles. The maximum Gasteiger partial charge on any atom is 0.121 e. The van der Waals surface area contributed by atoms with Crippen molar-refractivity contribution in [1.29, 1.82) is 0 Å². The van der Waals surface area contributed by atoms with Gasteiger partial charge in [0.05, 0.1) is 10.0 Å². The van der Waals surface area contributed by atoms with Gasteiger partial charge in [-0.25, -0.2) is 4.39 Å². The highest BCUT2D eigenvalue weighted by atomic mass is 35.5. The van der Waals surface area contributed by atoms with Crippen LogP contribution in [0.3, 0.4) is 0 Å². The molecule has 0 spiro atoms. The van der Waals surface area contributed by atoms with Gasteiger partial charge in [-0.2, -0.15) is 0 Å². The van der Waals surface area contributed by atoms with Gasteiger partial charge in [0.2, 0.25) is 0 Å². The Hall–Kier alpha value is -0.510. The molecule has 2 nitrogen and oxygen atoms in total. The predicted molar refractivity (Wildman–Crippen MR) is 74.4 cm³/mol. The van der Waals surface area contributed by atoms with Crippen LogP contribution in [0.5, 0.6) is 5.75 Å². The minimum atomic E-state index is -1.07. The summed E-state index contributed by atoms with van der Waals surface area (Å²) in [5, 5.41) is 10.7. The van der Waals surface area contributed by atoms with E-state index in [4.69, 9.17) is 28.9 Å². The van der Waals surface area contributed by atoms with Crippen LogP contribution in [0.1, 0.15) is 43.7 Å². The van der Waals surface area contributed by atoms with Crippen LogP contribution in [-0.2, 0) is 0 Å². The fourth-order valence-electron chi connectivity index (χ4n) is 3.76. The summed E-state index contributed by atoms with van der Waals surface area (Å²) in [7, 11) is 0. The topological polar surface area (TPSA) is 46.2 Å². The molecular weight excluding hydrogens is 288 g/mol. The number of halogens is 3. The lowest BCUT2D eigenvalue weighted by atomic mass is 9.74. The Balaban J connectivity index is 2.02. The molecule has 2 fully saturated rings. The molecule has 1 aromatic rings. The zero-order chi connectivity index (χ0) is 13.8. The molecule has 104 valence electrons. The zero-order valence-electron chi connectivity index (χ0n) is 10.4. The highest BCUT2D eigenvalue weighted by Gasteiger charge is 2.58. The van der Waals surface area contributed by atoms with E-state index >= 15 is 0 Å². The lowest BCUT2D eigenvalue weighted by molar-refractivity contribution is 0.175. The summed E-state index contributed by atoms with van der Waals surface area (Å²) in [5.41, 5.74) is 5.43. The minimum Gasteiger partial charge on any atom is -0.508 e. The highest BCUT2D eigenvalue weighted by Crippen LogP contribution is 2.63. The van der Waals surface area contributed by atoms with E-state index in [-0.39, 0.29) is 16.2 Å². The molecule has 2 bridgehead atoms. The van der Waals surface area contributed by atoms with Crippen molar-refractivity contribution in [3.8, 4) is 5.75 Å². The van der Waals surface area contributed by atoms with Crippen LogP contribution in [-0.4, -0.2) is 10.8 Å². The Kier molecular flexibility index (Phi) is 3.01. The van der Waals surface area contributed by atoms with Crippen LogP contribution in [0.25, 0.3) is 0 Å². The van der Waals surface area contributed by atoms with Gasteiger partial charge in [-0.05, 0) is 49.7 Å². The first-order chi connectivity index (χ1) is 8.87. The van der Waals surface area contributed by atoms with E-state index in [9.17, 15) is 9.50 Å². The van der Waals surface area contributed by atoms with Gasteiger partial charge in [0.15, 0.2) is 0 Å². The van der Waals surface area contributed by atoms with E-state index in [0.717, 1.165) is 12.8 Å². The zero-order valence-corrected chi connectivity index (χ0v) is 11.9. The number of fused-ring (bicyclic) bond motifs is 2. The third kappa shape index (κ3) is 1.94. The molecule has 5 heteroatoms. The molecule has 0 radical (unpaired) electrons. The largest absolute Gasteiger partial charge is 0.508 e. The van der Waals surface area contributed by atoms with Gasteiger partial charge in [-0.3, -0.25) is 0 Å². The molecule has 19 heavy (non-hydrogen) atoms. The first-order valence-corrected chi connectivity index (χ1v) is 7.24. The van der Waals surface area contributed by atoms with E-state index in [1.54, 1.807) is 0 Å². The van der Waals surface area contributed by atoms with Crippen LogP contribution >= 0.6 is 23.2 Å². The normalized spacial score (nSPS) is 34.7. The average molecular weight is 304 g/mol. The Bertz CT molecular complexity index is 526. The standard InChI is InChI=1S/C14H16Cl2FNO/c15-8-1-2-9(19)10(11(8)16)12(18)13-3-5-14(17,7-13)6-4-13/h1-2,12,19H,3-7,18H2/t12-,13?,14?/m1/s1. The number of aromatic hydroxyl groups is 1. The summed E-state index contributed by atoms with van der Waals surface area (Å²) >= 11 is 12.2. The molecule has 0 aromatic heterocycles. The summed E-state index contributed by atoms with van der Waals surface area (Å²) in [6.07, 6.45) is 3.06. The summed E-state index contributed by atoms with van der Waals surface area (Å²) < 4.78 is 14.3. The summed E-state index contributed by atoms with van der Waals surface area (Å²) in [5.74, 6) is 0.0412. The average Bonchev–Trinajstić information content (AvgIpc) is 2.89. The van der Waals surface area contributed by atoms with E-state index in [1.165, 1.54) is 12.1 Å². The van der Waals surface area contributed by atoms with E-state index in [2.05, 4.69) is 0 Å². The molecule has 2 saturated carbocycles. The predicted octanol–water partition coefficient (Wildman–Crippen LogP) is 4.37. The molecule has 0 unspecified atom stereocenters. The van der Waals surface area contributed by atoms with Gasteiger partial charge in [0, 0.05) is 11.6 Å². The number of benzene rings is 1. The molecule has 3 N–H and O–H groups in total. The van der Waals surface area contributed by atoms with Crippen LogP contribution in [0.4, 0.5) is 4.39 Å². The van der Waals surface area contributed by atoms with E-state index < -0.39 is 11.7 Å². The minimum absolute atomic E-state index is 0.0412. The lowest BCUT2D eigenvalue weighted by Crippen LogP contribution is -2.31. The van der Waals surface area contributed by atoms with Crippen molar-refractivity contribution >= 4 is 23.2 Å². The van der Waals surface area contributed by atoms with Crippen molar-refractivity contribution < 1.29 is 9.50 Å². The maximum atomic E-state index is 14.3. The summed E-state index contributed by atoms with van der Waals surface area (Å²) in [4.78, 5) is 0. The van der Waals surface area contributed by atoms with E-state index in [0.29, 0.717) is 29.8 Å². The SMILES string of the molecule is N[C@H](c1c(O)ccc(Cl)c1Cl)C12CCC(F)(CC1)C2. The number of hydrogen-bond acceptors (Lipinski definition) is 2. The van der Waals surface area contributed by atoms with E-state index in [1.807, 2.05) is 0 Å². The second-order valence-electron chi connectivity index (χ2n) is 5.96. The van der Waals surface area contributed by atoms with Gasteiger partial charge < -0.3 is 10.8 Å². The molecule has 3 rings (SSSR count). The fraction of sp³-hybridized carbons (Fsp3) is 0.571. The van der Waals surface area contributed by atoms with Crippen molar-refractivity contribution in [3.05, 3.63) is 27.7 Å². The molecule has 0 aliphatic heterocycles. The van der Waals surface area contributed by atoms with Crippen LogP contribution in [0.2, 0.25) is 10.0 Å². The number of phenolic OH excluding ortho intramolecular Hbond substituents is 1. The summed E-state index contributed by atoms with van der Waals surface area (Å²) in [6.45, 7) is 0. The van der Waals surface area contributed by atoms with Crippen molar-refractivity contribution in [2.75, 3.05) is 0 Å². The number of hydrogen-bond donors (Lipinski definition) is 2. The molecule has 2 aliphatic carbocycles. The van der Waals surface area contributed by atoms with Gasteiger partial charge >= 0.3 is 0 Å². The summed E-state index contributed by atoms with van der Waals surface area (Å²) in [6, 6.07) is 2.56. The van der Waals surface area contributed by atoms with Crippen LogP contribution in [0, 0.1) is 5.41 Å². The highest BCUT2D eigenvalue weighted by molar-refractivity contribution is 6.42. The monoisotopic (exact) mass is 303 g/mol. The first-order valence-electron chi connectivity index (χ1n) is 6.48. The maximum absolute atomic E-state index is 14.3. The third-order valence-corrected chi connectivity index (χ3v) is 5.71. The molecule has 2 aliphatic rings. The lowest BCUT2D eigenvalue weighted by Gasteiger charge is -2.34. The number of phenols is 1. The van der Waals surface area contributed by atoms with Gasteiger partial charge in [-0.15, -0.1) is 0 Å². The second-order valence-corrected chi connectivity index (χ2v) is 6.75. The first kappa shape index (κ1) is 13.5. The Morgan fingerprint density at radius 3 is 2.37 bits per heavy atom. The Morgan fingerprint density at radius 2 is 1.84 bits per heavy atom.